The second-order valence-electron chi connectivity index (χ2n) is 5.62. The minimum absolute atomic E-state index is 0.147. The minimum atomic E-state index is -0.523. The summed E-state index contributed by atoms with van der Waals surface area (Å²) >= 11 is 0. The zero-order chi connectivity index (χ0) is 18.0. The maximum absolute atomic E-state index is 12.4. The van der Waals surface area contributed by atoms with E-state index in [0.29, 0.717) is 11.4 Å². The molecule has 0 aliphatic carbocycles. The van der Waals surface area contributed by atoms with Gasteiger partial charge in [-0.1, -0.05) is 18.2 Å². The lowest BCUT2D eigenvalue weighted by atomic mass is 10.1. The summed E-state index contributed by atoms with van der Waals surface area (Å²) in [5.41, 5.74) is 1.17. The number of carbonyl (C=O) groups excluding carboxylic acids is 1. The summed E-state index contributed by atoms with van der Waals surface area (Å²) in [6.07, 6.45) is 0. The highest BCUT2D eigenvalue weighted by Gasteiger charge is 2.19. The molecule has 0 aliphatic heterocycles. The van der Waals surface area contributed by atoms with Crippen molar-refractivity contribution in [2.45, 2.75) is 13.0 Å². The third-order valence-corrected chi connectivity index (χ3v) is 3.94. The summed E-state index contributed by atoms with van der Waals surface area (Å²) in [7, 11) is 1.59. The molecule has 128 valence electrons. The van der Waals surface area contributed by atoms with E-state index in [2.05, 4.69) is 10.6 Å². The average molecular weight is 339 g/mol. The van der Waals surface area contributed by atoms with E-state index < -0.39 is 10.8 Å². The number of para-hydroxylation sites is 1. The van der Waals surface area contributed by atoms with Crippen molar-refractivity contribution in [1.29, 1.82) is 0 Å². The van der Waals surface area contributed by atoms with Gasteiger partial charge in [-0.05, 0) is 31.2 Å². The summed E-state index contributed by atoms with van der Waals surface area (Å²) in [6, 6.07) is 13.4. The number of benzene rings is 2. The van der Waals surface area contributed by atoms with Crippen LogP contribution in [0.2, 0.25) is 0 Å². The van der Waals surface area contributed by atoms with Crippen LogP contribution in [-0.4, -0.2) is 17.9 Å². The molecule has 0 aliphatic rings. The largest absolute Gasteiger partial charge is 0.459 e. The molecule has 1 atom stereocenters. The van der Waals surface area contributed by atoms with Crippen LogP contribution in [0.5, 0.6) is 0 Å². The van der Waals surface area contributed by atoms with Crippen molar-refractivity contribution in [3.63, 3.8) is 0 Å². The van der Waals surface area contributed by atoms with Crippen LogP contribution in [0.25, 0.3) is 11.0 Å². The average Bonchev–Trinajstić information content (AvgIpc) is 3.05. The third-order valence-electron chi connectivity index (χ3n) is 3.94. The Morgan fingerprint density at radius 3 is 2.64 bits per heavy atom. The number of nitro benzene ring substituents is 1. The molecule has 0 fully saturated rings. The normalized spacial score (nSPS) is 11.9. The van der Waals surface area contributed by atoms with E-state index in [1.807, 2.05) is 30.3 Å². The van der Waals surface area contributed by atoms with Crippen molar-refractivity contribution in [2.75, 3.05) is 12.4 Å². The molecule has 7 heteroatoms. The number of anilines is 1. The van der Waals surface area contributed by atoms with Crippen LogP contribution in [0.1, 0.15) is 29.1 Å². The van der Waals surface area contributed by atoms with E-state index >= 15 is 0 Å². The number of nitro groups is 1. The minimum Gasteiger partial charge on any atom is -0.459 e. The summed E-state index contributed by atoms with van der Waals surface area (Å²) in [5, 5.41) is 17.6. The number of rotatable bonds is 5. The first-order valence-corrected chi connectivity index (χ1v) is 7.75. The van der Waals surface area contributed by atoms with Gasteiger partial charge >= 0.3 is 0 Å². The van der Waals surface area contributed by atoms with E-state index in [1.165, 1.54) is 12.1 Å². The van der Waals surface area contributed by atoms with Gasteiger partial charge in [0.2, 0.25) is 0 Å². The number of furan rings is 1. The van der Waals surface area contributed by atoms with Crippen molar-refractivity contribution >= 4 is 28.3 Å². The molecule has 25 heavy (non-hydrogen) atoms. The second-order valence-corrected chi connectivity index (χ2v) is 5.62. The van der Waals surface area contributed by atoms with E-state index in [4.69, 9.17) is 4.42 Å². The van der Waals surface area contributed by atoms with Crippen LogP contribution in [0.4, 0.5) is 11.4 Å². The Kier molecular flexibility index (Phi) is 4.38. The fourth-order valence-corrected chi connectivity index (χ4v) is 2.60. The molecular weight excluding hydrogens is 322 g/mol. The van der Waals surface area contributed by atoms with Gasteiger partial charge < -0.3 is 15.1 Å². The van der Waals surface area contributed by atoms with Gasteiger partial charge in [0.25, 0.3) is 11.6 Å². The van der Waals surface area contributed by atoms with Gasteiger partial charge in [-0.3, -0.25) is 14.9 Å². The quantitative estimate of drug-likeness (QED) is 0.543. The summed E-state index contributed by atoms with van der Waals surface area (Å²) in [6.45, 7) is 1.80. The summed E-state index contributed by atoms with van der Waals surface area (Å²) < 4.78 is 5.73. The van der Waals surface area contributed by atoms with Crippen molar-refractivity contribution < 1.29 is 14.1 Å². The topological polar surface area (TPSA) is 97.4 Å². The monoisotopic (exact) mass is 339 g/mol. The fourth-order valence-electron chi connectivity index (χ4n) is 2.60. The highest BCUT2D eigenvalue weighted by Crippen LogP contribution is 2.26. The Bertz CT molecular complexity index is 915. The fraction of sp³-hybridized carbons (Fsp3) is 0.167. The number of nitrogens with zero attached hydrogens (tertiary/aromatic N) is 1. The molecule has 7 nitrogen and oxygen atoms in total. The number of carbonyl (C=O) groups is 1. The number of hydrogen-bond acceptors (Lipinski definition) is 5. The first kappa shape index (κ1) is 16.5. The first-order valence-electron chi connectivity index (χ1n) is 7.75. The Morgan fingerprint density at radius 1 is 1.20 bits per heavy atom. The molecule has 2 N–H and O–H groups in total. The lowest BCUT2D eigenvalue weighted by molar-refractivity contribution is -0.384. The predicted octanol–water partition coefficient (Wildman–Crippen LogP) is 3.87. The zero-order valence-electron chi connectivity index (χ0n) is 13.8. The second kappa shape index (κ2) is 6.64. The smallest absolute Gasteiger partial charge is 0.293 e. The molecule has 1 aromatic heterocycles. The summed E-state index contributed by atoms with van der Waals surface area (Å²) in [4.78, 5) is 23.0. The molecule has 2 aromatic carbocycles. The number of fused-ring (bicyclic) bond motifs is 1. The van der Waals surface area contributed by atoms with E-state index in [1.54, 1.807) is 20.0 Å². The van der Waals surface area contributed by atoms with Crippen molar-refractivity contribution in [3.8, 4) is 0 Å². The zero-order valence-corrected chi connectivity index (χ0v) is 13.8. The van der Waals surface area contributed by atoms with Crippen LogP contribution in [0.15, 0.2) is 52.9 Å². The Hall–Kier alpha value is -3.35. The van der Waals surface area contributed by atoms with Gasteiger partial charge in [0.15, 0.2) is 0 Å². The SMILES string of the molecule is CNc1ccc(C(=O)NC(C)c2cc3ccccc3o2)cc1[N+](=O)[O-]. The molecule has 1 heterocycles. The molecule has 0 saturated heterocycles. The van der Waals surface area contributed by atoms with Crippen LogP contribution >= 0.6 is 0 Å². The van der Waals surface area contributed by atoms with Gasteiger partial charge in [0.05, 0.1) is 11.0 Å². The van der Waals surface area contributed by atoms with Crippen molar-refractivity contribution in [2.24, 2.45) is 0 Å². The molecule has 0 bridgehead atoms. The lowest BCUT2D eigenvalue weighted by Gasteiger charge is -2.12. The number of amides is 1. The van der Waals surface area contributed by atoms with Crippen molar-refractivity contribution in [1.82, 2.24) is 5.32 Å². The Morgan fingerprint density at radius 2 is 1.96 bits per heavy atom. The predicted molar refractivity (Wildman–Crippen MR) is 94.7 cm³/mol. The van der Waals surface area contributed by atoms with E-state index in [0.717, 1.165) is 11.0 Å². The molecule has 1 amide bonds. The van der Waals surface area contributed by atoms with Crippen LogP contribution in [0.3, 0.4) is 0 Å². The first-order chi connectivity index (χ1) is 12.0. The molecule has 0 radical (unpaired) electrons. The highest BCUT2D eigenvalue weighted by molar-refractivity contribution is 5.96. The molecule has 1 unspecified atom stereocenters. The highest BCUT2D eigenvalue weighted by atomic mass is 16.6. The van der Waals surface area contributed by atoms with Gasteiger partial charge in [-0.15, -0.1) is 0 Å². The van der Waals surface area contributed by atoms with Gasteiger partial charge in [-0.25, -0.2) is 0 Å². The van der Waals surface area contributed by atoms with Crippen LogP contribution < -0.4 is 10.6 Å². The van der Waals surface area contributed by atoms with Gasteiger partial charge in [0, 0.05) is 24.1 Å². The molecule has 3 aromatic rings. The van der Waals surface area contributed by atoms with Gasteiger partial charge in [-0.2, -0.15) is 0 Å². The molecule has 0 saturated carbocycles. The Balaban J connectivity index is 1.81. The maximum atomic E-state index is 12.4. The summed E-state index contributed by atoms with van der Waals surface area (Å²) in [5.74, 6) is 0.217. The third kappa shape index (κ3) is 3.30. The maximum Gasteiger partial charge on any atom is 0.293 e. The van der Waals surface area contributed by atoms with E-state index in [-0.39, 0.29) is 17.3 Å². The molecule has 0 spiro atoms. The van der Waals surface area contributed by atoms with Crippen LogP contribution in [-0.2, 0) is 0 Å². The van der Waals surface area contributed by atoms with E-state index in [9.17, 15) is 14.9 Å². The lowest BCUT2D eigenvalue weighted by Crippen LogP contribution is -2.26. The van der Waals surface area contributed by atoms with Gasteiger partial charge in [0.1, 0.15) is 17.0 Å². The molecule has 3 rings (SSSR count). The Labute approximate surface area is 143 Å². The number of nitrogens with one attached hydrogen (secondary N) is 2. The standard InChI is InChI=1S/C18H17N3O4/c1-11(17-10-12-5-3-4-6-16(12)25-17)20-18(22)13-7-8-14(19-2)15(9-13)21(23)24/h3-11,19H,1-2H3,(H,20,22). The molecular formula is C18H17N3O4. The van der Waals surface area contributed by atoms with Crippen LogP contribution in [0, 0.1) is 10.1 Å². The number of hydrogen-bond donors (Lipinski definition) is 2. The van der Waals surface area contributed by atoms with Crippen molar-refractivity contribution in [3.05, 3.63) is 70.0 Å².